The van der Waals surface area contributed by atoms with Gasteiger partial charge in [0, 0.05) is 18.3 Å². The molecule has 0 aliphatic carbocycles. The van der Waals surface area contributed by atoms with Crippen molar-refractivity contribution in [3.05, 3.63) is 34.7 Å². The lowest BCUT2D eigenvalue weighted by Crippen LogP contribution is -2.31. The topological polar surface area (TPSA) is 78.4 Å². The number of carboxylic acids is 1. The summed E-state index contributed by atoms with van der Waals surface area (Å²) < 4.78 is 0.941. The van der Waals surface area contributed by atoms with E-state index >= 15 is 0 Å². The molecule has 0 radical (unpaired) electrons. The maximum Gasteiger partial charge on any atom is 0.346 e. The molecule has 0 saturated heterocycles. The van der Waals surface area contributed by atoms with Gasteiger partial charge in [-0.25, -0.2) is 4.79 Å². The van der Waals surface area contributed by atoms with Gasteiger partial charge < -0.3 is 15.7 Å². The Balaban J connectivity index is 2.26. The van der Waals surface area contributed by atoms with Crippen LogP contribution in [0, 0.1) is 0 Å². The Morgan fingerprint density at radius 1 is 1.32 bits per heavy atom. The Kier molecular flexibility index (Phi) is 4.13. The van der Waals surface area contributed by atoms with Crippen LogP contribution in [0.2, 0.25) is 0 Å². The molecule has 0 unspecified atom stereocenters. The Labute approximate surface area is 114 Å². The molecule has 100 valence electrons. The van der Waals surface area contributed by atoms with E-state index in [2.05, 4.69) is 10.6 Å². The van der Waals surface area contributed by atoms with Gasteiger partial charge in [-0.1, -0.05) is 18.2 Å². The second-order valence-electron chi connectivity index (χ2n) is 3.99. The van der Waals surface area contributed by atoms with Crippen LogP contribution in [0.1, 0.15) is 15.2 Å². The number of fused-ring (bicyclic) bond motifs is 1. The van der Waals surface area contributed by atoms with Crippen molar-refractivity contribution in [3.8, 4) is 0 Å². The maximum absolute atomic E-state index is 11.2. The second kappa shape index (κ2) is 5.81. The third-order valence-corrected chi connectivity index (χ3v) is 3.96. The fraction of sp³-hybridized carbons (Fsp3) is 0.231. The van der Waals surface area contributed by atoms with Crippen LogP contribution in [0.3, 0.4) is 0 Å². The van der Waals surface area contributed by atoms with Gasteiger partial charge in [0.25, 0.3) is 0 Å². The lowest BCUT2D eigenvalue weighted by Gasteiger charge is -2.04. The third kappa shape index (κ3) is 2.91. The first kappa shape index (κ1) is 13.5. The van der Waals surface area contributed by atoms with Gasteiger partial charge in [-0.05, 0) is 17.0 Å². The van der Waals surface area contributed by atoms with Gasteiger partial charge in [-0.15, -0.1) is 11.3 Å². The quantitative estimate of drug-likeness (QED) is 0.773. The second-order valence-corrected chi connectivity index (χ2v) is 5.04. The molecule has 1 aromatic carbocycles. The van der Waals surface area contributed by atoms with Gasteiger partial charge >= 0.3 is 5.97 Å². The van der Waals surface area contributed by atoms with Gasteiger partial charge in [0.15, 0.2) is 0 Å². The van der Waals surface area contributed by atoms with Gasteiger partial charge in [0.05, 0.1) is 6.54 Å². The molecule has 1 heterocycles. The summed E-state index contributed by atoms with van der Waals surface area (Å²) in [6, 6.07) is 7.55. The molecule has 2 rings (SSSR count). The smallest absolute Gasteiger partial charge is 0.346 e. The van der Waals surface area contributed by atoms with Crippen molar-refractivity contribution in [2.75, 3.05) is 13.6 Å². The minimum atomic E-state index is -0.932. The normalized spacial score (nSPS) is 10.6. The van der Waals surface area contributed by atoms with Crippen LogP contribution in [0.5, 0.6) is 0 Å². The van der Waals surface area contributed by atoms with Crippen LogP contribution in [0.15, 0.2) is 24.3 Å². The number of rotatable bonds is 5. The van der Waals surface area contributed by atoms with Gasteiger partial charge in [-0.2, -0.15) is 0 Å². The molecule has 3 N–H and O–H groups in total. The first-order valence-corrected chi connectivity index (χ1v) is 6.60. The Morgan fingerprint density at radius 3 is 2.74 bits per heavy atom. The summed E-state index contributed by atoms with van der Waals surface area (Å²) in [4.78, 5) is 22.7. The Bertz CT molecular complexity index is 621. The number of benzene rings is 1. The monoisotopic (exact) mass is 278 g/mol. The first-order valence-electron chi connectivity index (χ1n) is 5.78. The molecule has 1 aromatic heterocycles. The van der Waals surface area contributed by atoms with E-state index in [-0.39, 0.29) is 12.5 Å². The molecule has 0 saturated carbocycles. The highest BCUT2D eigenvalue weighted by molar-refractivity contribution is 7.21. The number of likely N-dealkylation sites (N-methyl/N-ethyl adjacent to an activating group) is 1. The van der Waals surface area contributed by atoms with E-state index in [1.54, 1.807) is 7.05 Å². The van der Waals surface area contributed by atoms with Crippen molar-refractivity contribution >= 4 is 33.3 Å². The summed E-state index contributed by atoms with van der Waals surface area (Å²) in [5, 5.41) is 15.6. The minimum Gasteiger partial charge on any atom is -0.477 e. The fourth-order valence-corrected chi connectivity index (χ4v) is 2.90. The predicted molar refractivity (Wildman–Crippen MR) is 74.6 cm³/mol. The summed E-state index contributed by atoms with van der Waals surface area (Å²) in [5.74, 6) is -1.06. The SMILES string of the molecule is CNC(=O)CNCc1c(C(=O)O)sc2ccccc12. The molecule has 0 bridgehead atoms. The number of hydrogen-bond acceptors (Lipinski definition) is 4. The lowest BCUT2D eigenvalue weighted by atomic mass is 10.1. The first-order chi connectivity index (χ1) is 9.13. The van der Waals surface area contributed by atoms with E-state index in [9.17, 15) is 14.7 Å². The van der Waals surface area contributed by atoms with E-state index in [0.29, 0.717) is 11.4 Å². The van der Waals surface area contributed by atoms with Crippen LogP contribution in [-0.2, 0) is 11.3 Å². The number of aromatic carboxylic acids is 1. The summed E-state index contributed by atoms with van der Waals surface area (Å²) in [6.45, 7) is 0.527. The number of hydrogen-bond donors (Lipinski definition) is 3. The molecular formula is C13H14N2O3S. The number of amides is 1. The predicted octanol–water partition coefficient (Wildman–Crippen LogP) is 1.44. The number of carbonyl (C=O) groups is 2. The highest BCUT2D eigenvalue weighted by atomic mass is 32.1. The molecule has 2 aromatic rings. The molecule has 0 aliphatic heterocycles. The van der Waals surface area contributed by atoms with E-state index in [0.717, 1.165) is 15.6 Å². The maximum atomic E-state index is 11.2. The third-order valence-electron chi connectivity index (χ3n) is 2.76. The van der Waals surface area contributed by atoms with Crippen molar-refractivity contribution < 1.29 is 14.7 Å². The van der Waals surface area contributed by atoms with Crippen molar-refractivity contribution in [3.63, 3.8) is 0 Å². The zero-order valence-electron chi connectivity index (χ0n) is 10.4. The average Bonchev–Trinajstić information content (AvgIpc) is 2.78. The van der Waals surface area contributed by atoms with Crippen LogP contribution >= 0.6 is 11.3 Å². The van der Waals surface area contributed by atoms with Gasteiger partial charge in [0.1, 0.15) is 4.88 Å². The van der Waals surface area contributed by atoms with Crippen molar-refractivity contribution in [2.45, 2.75) is 6.54 Å². The molecule has 1 amide bonds. The Morgan fingerprint density at radius 2 is 2.05 bits per heavy atom. The molecular weight excluding hydrogens is 264 g/mol. The van der Waals surface area contributed by atoms with Crippen molar-refractivity contribution in [1.29, 1.82) is 0 Å². The molecule has 0 aliphatic rings. The van der Waals surface area contributed by atoms with Crippen molar-refractivity contribution in [2.24, 2.45) is 0 Å². The molecule has 0 fully saturated rings. The highest BCUT2D eigenvalue weighted by Crippen LogP contribution is 2.31. The summed E-state index contributed by atoms with van der Waals surface area (Å²) >= 11 is 1.26. The molecule has 5 nitrogen and oxygen atoms in total. The molecule has 19 heavy (non-hydrogen) atoms. The number of carboxylic acid groups (broad SMARTS) is 1. The van der Waals surface area contributed by atoms with E-state index < -0.39 is 5.97 Å². The van der Waals surface area contributed by atoms with Gasteiger partial charge in [0.2, 0.25) is 5.91 Å². The number of nitrogens with one attached hydrogen (secondary N) is 2. The largest absolute Gasteiger partial charge is 0.477 e. The molecule has 0 atom stereocenters. The van der Waals surface area contributed by atoms with Crippen LogP contribution in [0.4, 0.5) is 0 Å². The summed E-state index contributed by atoms with van der Waals surface area (Å²) in [6.07, 6.45) is 0. The molecule has 6 heteroatoms. The van der Waals surface area contributed by atoms with E-state index in [1.165, 1.54) is 11.3 Å². The number of thiophene rings is 1. The van der Waals surface area contributed by atoms with Crippen LogP contribution in [-0.4, -0.2) is 30.6 Å². The minimum absolute atomic E-state index is 0.128. The lowest BCUT2D eigenvalue weighted by molar-refractivity contribution is -0.119. The fourth-order valence-electron chi connectivity index (χ4n) is 1.84. The van der Waals surface area contributed by atoms with E-state index in [1.807, 2.05) is 24.3 Å². The van der Waals surface area contributed by atoms with Gasteiger partial charge in [-0.3, -0.25) is 4.79 Å². The number of carbonyl (C=O) groups excluding carboxylic acids is 1. The van der Waals surface area contributed by atoms with E-state index in [4.69, 9.17) is 0 Å². The average molecular weight is 278 g/mol. The highest BCUT2D eigenvalue weighted by Gasteiger charge is 2.17. The van der Waals surface area contributed by atoms with Crippen LogP contribution in [0.25, 0.3) is 10.1 Å². The Hall–Kier alpha value is -1.92. The molecule has 0 spiro atoms. The van der Waals surface area contributed by atoms with Crippen LogP contribution < -0.4 is 10.6 Å². The van der Waals surface area contributed by atoms with Crippen molar-refractivity contribution in [1.82, 2.24) is 10.6 Å². The standard InChI is InChI=1S/C13H14N2O3S/c1-14-11(16)7-15-6-9-8-4-2-3-5-10(8)19-12(9)13(17)18/h2-5,15H,6-7H2,1H3,(H,14,16)(H,17,18). The zero-order valence-corrected chi connectivity index (χ0v) is 11.2. The zero-order chi connectivity index (χ0) is 13.8. The summed E-state index contributed by atoms with van der Waals surface area (Å²) in [7, 11) is 1.56. The summed E-state index contributed by atoms with van der Waals surface area (Å²) in [5.41, 5.74) is 0.733.